The van der Waals surface area contributed by atoms with Crippen LogP contribution >= 0.6 is 0 Å². The van der Waals surface area contributed by atoms with Crippen LogP contribution in [0.5, 0.6) is 0 Å². The van der Waals surface area contributed by atoms with Gasteiger partial charge >= 0.3 is 11.9 Å². The van der Waals surface area contributed by atoms with Gasteiger partial charge in [0, 0.05) is 31.3 Å². The molecule has 0 unspecified atom stereocenters. The van der Waals surface area contributed by atoms with Crippen molar-refractivity contribution >= 4 is 11.9 Å². The van der Waals surface area contributed by atoms with Gasteiger partial charge in [-0.15, -0.1) is 0 Å². The molecule has 10 heteroatoms. The van der Waals surface area contributed by atoms with Crippen molar-refractivity contribution in [2.75, 3.05) is 13.2 Å². The maximum Gasteiger partial charge on any atom is 0.335 e. The Balaban J connectivity index is 1.71. The van der Waals surface area contributed by atoms with Crippen LogP contribution in [0.4, 0.5) is 0 Å². The molecule has 0 radical (unpaired) electrons. The molecule has 0 saturated carbocycles. The second kappa shape index (κ2) is 20.8. The van der Waals surface area contributed by atoms with E-state index in [1.807, 2.05) is 65.0 Å². The molecule has 51 heavy (non-hydrogen) atoms. The number of ether oxygens (including phenoxy) is 4. The van der Waals surface area contributed by atoms with Crippen LogP contribution in [0.2, 0.25) is 0 Å². The van der Waals surface area contributed by atoms with E-state index in [0.29, 0.717) is 44.1 Å². The molecule has 4 bridgehead atoms. The number of fused-ring (bicyclic) bond motifs is 4. The van der Waals surface area contributed by atoms with Crippen molar-refractivity contribution in [3.63, 3.8) is 0 Å². The summed E-state index contributed by atoms with van der Waals surface area (Å²) in [6, 6.07) is 0. The Kier molecular flexibility index (Phi) is 17.2. The Morgan fingerprint density at radius 3 is 2.59 bits per heavy atom. The molecule has 4 N–H and O–H groups in total. The number of esters is 2. The molecule has 0 amide bonds. The fraction of sp³-hybridized carbons (Fsp3) is 0.610. The van der Waals surface area contributed by atoms with Gasteiger partial charge in [0.15, 0.2) is 6.10 Å². The average molecular weight is 713 g/mol. The van der Waals surface area contributed by atoms with Crippen molar-refractivity contribution in [2.45, 2.75) is 128 Å². The lowest BCUT2D eigenvalue weighted by Gasteiger charge is -2.47. The third kappa shape index (κ3) is 13.4. The van der Waals surface area contributed by atoms with E-state index >= 15 is 0 Å². The fourth-order valence-electron chi connectivity index (χ4n) is 6.40. The van der Waals surface area contributed by atoms with Gasteiger partial charge in [-0.3, -0.25) is 0 Å². The van der Waals surface area contributed by atoms with Crippen LogP contribution in [-0.2, 0) is 28.5 Å². The topological polar surface area (TPSA) is 152 Å². The molecule has 0 aromatic heterocycles. The highest BCUT2D eigenvalue weighted by atomic mass is 16.6. The van der Waals surface area contributed by atoms with Gasteiger partial charge in [0.1, 0.15) is 12.7 Å². The summed E-state index contributed by atoms with van der Waals surface area (Å²) < 4.78 is 23.8. The SMILES string of the molecule is C=C(COC(=O)[C@H](O)C/C=C\C[C@@H]1O[C@@H]2/C=C/C/C=C\C(C)=C\[C@H]3O[C@@H](C/C=C/C=C\C(=O)O[C@H](C2)[C@@]1(C)CO)C[C@H](O)[C@H]3C)[C@@H](O)CC(C)C. The molecule has 3 aliphatic rings. The zero-order valence-corrected chi connectivity index (χ0v) is 30.9. The molecule has 10 nitrogen and oxygen atoms in total. The van der Waals surface area contributed by atoms with E-state index in [1.54, 1.807) is 24.3 Å². The highest BCUT2D eigenvalue weighted by molar-refractivity contribution is 5.82. The van der Waals surface area contributed by atoms with Crippen LogP contribution in [-0.4, -0.2) is 94.4 Å². The van der Waals surface area contributed by atoms with Crippen LogP contribution in [0.3, 0.4) is 0 Å². The number of allylic oxidation sites excluding steroid dienone is 6. The molecular formula is C41H60O10. The summed E-state index contributed by atoms with van der Waals surface area (Å²) >= 11 is 0. The molecule has 0 aliphatic carbocycles. The Bertz CT molecular complexity index is 1330. The van der Waals surface area contributed by atoms with Gasteiger partial charge in [-0.25, -0.2) is 9.59 Å². The minimum atomic E-state index is -1.40. The molecule has 284 valence electrons. The van der Waals surface area contributed by atoms with Crippen molar-refractivity contribution < 1.29 is 49.0 Å². The zero-order valence-electron chi connectivity index (χ0n) is 30.9. The zero-order chi connectivity index (χ0) is 37.6. The Hall–Kier alpha value is -3.12. The highest BCUT2D eigenvalue weighted by Crippen LogP contribution is 2.41. The number of rotatable bonds is 11. The van der Waals surface area contributed by atoms with Gasteiger partial charge in [-0.05, 0) is 44.1 Å². The maximum absolute atomic E-state index is 13.0. The van der Waals surface area contributed by atoms with Crippen LogP contribution in [0, 0.1) is 17.3 Å². The molecule has 3 rings (SSSR count). The largest absolute Gasteiger partial charge is 0.459 e. The van der Waals surface area contributed by atoms with Crippen LogP contribution < -0.4 is 0 Å². The summed E-state index contributed by atoms with van der Waals surface area (Å²) in [5.74, 6) is -1.13. The van der Waals surface area contributed by atoms with Gasteiger partial charge in [-0.2, -0.15) is 0 Å². The molecule has 2 saturated heterocycles. The van der Waals surface area contributed by atoms with Crippen molar-refractivity contribution in [1.82, 2.24) is 0 Å². The predicted octanol–water partition coefficient (Wildman–Crippen LogP) is 5.38. The molecule has 3 aliphatic heterocycles. The number of aliphatic hydroxyl groups is 4. The number of carbonyl (C=O) groups excluding carboxylic acids is 2. The summed E-state index contributed by atoms with van der Waals surface area (Å²) in [4.78, 5) is 25.3. The smallest absolute Gasteiger partial charge is 0.335 e. The average Bonchev–Trinajstić information content (AvgIpc) is 3.07. The lowest BCUT2D eigenvalue weighted by molar-refractivity contribution is -0.198. The monoisotopic (exact) mass is 712 g/mol. The minimum absolute atomic E-state index is 0.00418. The standard InChI is InChI=1S/C41H60O10/c1-27(2)21-34(44)29(4)25-48-40(47)33(43)18-13-14-19-37-41(6,26-42)38-24-32(50-37)17-10-7-9-15-28(3)22-36-30(5)35(45)23-31(49-36)16-11-8-12-20-39(46)51-38/h8-15,17,20,22,27,30-38,42-45H,4,7,16,18-19,21,23-26H2,1-3,5-6H3/b11-8+,14-13-,15-9-,17-10+,20-12-,28-22+/t30-,31+,32-,33-,34+,35+,36-,37+,38-,41+/m1/s1. The quantitative estimate of drug-likeness (QED) is 0.162. The molecule has 0 spiro atoms. The third-order valence-corrected chi connectivity index (χ3v) is 9.86. The van der Waals surface area contributed by atoms with Crippen molar-refractivity contribution in [3.8, 4) is 0 Å². The number of hydrogen-bond acceptors (Lipinski definition) is 10. The lowest BCUT2D eigenvalue weighted by atomic mass is 9.73. The van der Waals surface area contributed by atoms with E-state index in [2.05, 4.69) is 12.7 Å². The third-order valence-electron chi connectivity index (χ3n) is 9.86. The Labute approximate surface area is 303 Å². The minimum Gasteiger partial charge on any atom is -0.459 e. The molecule has 0 aromatic carbocycles. The Morgan fingerprint density at radius 1 is 1.10 bits per heavy atom. The molecule has 10 atom stereocenters. The number of hydrogen-bond donors (Lipinski definition) is 4. The first-order valence-corrected chi connectivity index (χ1v) is 18.2. The maximum atomic E-state index is 13.0. The van der Waals surface area contributed by atoms with Gasteiger partial charge in [0.25, 0.3) is 0 Å². The lowest BCUT2D eigenvalue weighted by Crippen LogP contribution is -2.55. The number of aliphatic hydroxyl groups excluding tert-OH is 4. The molecule has 3 heterocycles. The van der Waals surface area contributed by atoms with Crippen molar-refractivity contribution in [2.24, 2.45) is 17.3 Å². The highest BCUT2D eigenvalue weighted by Gasteiger charge is 2.49. The normalized spacial score (nSPS) is 35.5. The fourth-order valence-corrected chi connectivity index (χ4v) is 6.40. The first-order valence-electron chi connectivity index (χ1n) is 18.2. The molecule has 2 fully saturated rings. The van der Waals surface area contributed by atoms with E-state index < -0.39 is 54.0 Å². The molecular weight excluding hydrogens is 652 g/mol. The first kappa shape index (κ1) is 42.3. The molecule has 0 aromatic rings. The summed E-state index contributed by atoms with van der Waals surface area (Å²) in [5.41, 5.74) is 0.477. The summed E-state index contributed by atoms with van der Waals surface area (Å²) in [6.45, 7) is 13.1. The summed E-state index contributed by atoms with van der Waals surface area (Å²) in [6.07, 6.45) is 18.4. The van der Waals surface area contributed by atoms with Gasteiger partial charge in [0.2, 0.25) is 0 Å². The van der Waals surface area contributed by atoms with E-state index in [1.165, 1.54) is 6.08 Å². The van der Waals surface area contributed by atoms with Gasteiger partial charge in [-0.1, -0.05) is 101 Å². The van der Waals surface area contributed by atoms with Crippen molar-refractivity contribution in [1.29, 1.82) is 0 Å². The summed E-state index contributed by atoms with van der Waals surface area (Å²) in [5, 5.41) is 41.7. The summed E-state index contributed by atoms with van der Waals surface area (Å²) in [7, 11) is 0. The van der Waals surface area contributed by atoms with Crippen LogP contribution in [0.25, 0.3) is 0 Å². The predicted molar refractivity (Wildman–Crippen MR) is 196 cm³/mol. The second-order valence-electron chi connectivity index (χ2n) is 14.7. The first-order chi connectivity index (χ1) is 24.2. The Morgan fingerprint density at radius 2 is 1.86 bits per heavy atom. The van der Waals surface area contributed by atoms with Gasteiger partial charge < -0.3 is 39.4 Å². The van der Waals surface area contributed by atoms with E-state index in [4.69, 9.17) is 18.9 Å². The van der Waals surface area contributed by atoms with Crippen LogP contribution in [0.1, 0.15) is 79.6 Å². The van der Waals surface area contributed by atoms with E-state index in [0.717, 1.165) is 5.57 Å². The van der Waals surface area contributed by atoms with E-state index in [-0.39, 0.29) is 43.7 Å². The number of carbonyl (C=O) groups is 2. The van der Waals surface area contributed by atoms with Gasteiger partial charge in [0.05, 0.1) is 48.6 Å². The second-order valence-corrected chi connectivity index (χ2v) is 14.7. The van der Waals surface area contributed by atoms with Crippen LogP contribution in [0.15, 0.2) is 84.6 Å². The van der Waals surface area contributed by atoms with Crippen molar-refractivity contribution in [3.05, 3.63) is 84.6 Å². The van der Waals surface area contributed by atoms with E-state index in [9.17, 15) is 30.0 Å².